The number of aromatic nitrogens is 1. The minimum Gasteiger partial charge on any atom is -0.326 e. The molecule has 1 aromatic heterocycles. The summed E-state index contributed by atoms with van der Waals surface area (Å²) in [4.78, 5) is 57.9. The summed E-state index contributed by atoms with van der Waals surface area (Å²) < 4.78 is 0. The molecule has 1 unspecified atom stereocenters. The summed E-state index contributed by atoms with van der Waals surface area (Å²) in [5, 5.41) is 2.65. The van der Waals surface area contributed by atoms with Crippen LogP contribution in [0.1, 0.15) is 34.8 Å². The molecular formula is C26H24N4O4. The molecule has 3 aromatic rings. The first-order valence-corrected chi connectivity index (χ1v) is 10.8. The van der Waals surface area contributed by atoms with Gasteiger partial charge in [-0.15, -0.1) is 0 Å². The maximum atomic E-state index is 13.6. The normalized spacial score (nSPS) is 15.4. The van der Waals surface area contributed by atoms with Crippen LogP contribution in [-0.2, 0) is 20.9 Å². The van der Waals surface area contributed by atoms with E-state index in [1.807, 2.05) is 25.1 Å². The lowest BCUT2D eigenvalue weighted by molar-refractivity contribution is -0.122. The number of benzene rings is 2. The number of carbonyl (C=O) groups excluding carboxylic acids is 4. The highest BCUT2D eigenvalue weighted by Crippen LogP contribution is 2.29. The molecule has 4 amide bonds. The molecule has 1 saturated heterocycles. The Balaban J connectivity index is 1.65. The van der Waals surface area contributed by atoms with Crippen molar-refractivity contribution in [1.29, 1.82) is 0 Å². The summed E-state index contributed by atoms with van der Waals surface area (Å²) in [5.74, 6) is -1.41. The number of aryl methyl sites for hydroxylation is 1. The highest BCUT2D eigenvalue weighted by Gasteiger charge is 2.44. The molecule has 1 N–H and O–H groups in total. The standard InChI is InChI=1S/C26H24N4O4/c1-17-6-3-4-8-22(17)25(33)29(16-19-7-5-13-27-15-19)23-14-24(32)30(26(23)34)21-11-9-20(10-12-21)28-18(2)31/h3-13,15,23H,14,16H2,1-2H3,(H,28,31). The molecule has 34 heavy (non-hydrogen) atoms. The lowest BCUT2D eigenvalue weighted by Gasteiger charge is -2.28. The topological polar surface area (TPSA) is 99.7 Å². The van der Waals surface area contributed by atoms with Gasteiger partial charge in [-0.1, -0.05) is 24.3 Å². The maximum absolute atomic E-state index is 13.6. The van der Waals surface area contributed by atoms with E-state index in [4.69, 9.17) is 0 Å². The molecule has 1 aliphatic heterocycles. The van der Waals surface area contributed by atoms with Crippen LogP contribution in [0.25, 0.3) is 0 Å². The van der Waals surface area contributed by atoms with Crippen LogP contribution in [-0.4, -0.2) is 39.6 Å². The molecule has 0 saturated carbocycles. The van der Waals surface area contributed by atoms with Crippen LogP contribution in [0, 0.1) is 6.92 Å². The molecule has 8 nitrogen and oxygen atoms in total. The fourth-order valence-corrected chi connectivity index (χ4v) is 4.01. The predicted octanol–water partition coefficient (Wildman–Crippen LogP) is 3.32. The van der Waals surface area contributed by atoms with Crippen molar-refractivity contribution in [2.45, 2.75) is 32.9 Å². The van der Waals surface area contributed by atoms with E-state index in [9.17, 15) is 19.2 Å². The summed E-state index contributed by atoms with van der Waals surface area (Å²) in [6, 6.07) is 16.2. The van der Waals surface area contributed by atoms with Gasteiger partial charge in [0.1, 0.15) is 6.04 Å². The van der Waals surface area contributed by atoms with Crippen LogP contribution in [0.4, 0.5) is 11.4 Å². The Hall–Kier alpha value is -4.33. The van der Waals surface area contributed by atoms with Crippen molar-refractivity contribution >= 4 is 35.0 Å². The molecule has 1 fully saturated rings. The van der Waals surface area contributed by atoms with E-state index in [0.29, 0.717) is 16.9 Å². The Morgan fingerprint density at radius 1 is 1.06 bits per heavy atom. The van der Waals surface area contributed by atoms with Gasteiger partial charge in [0.15, 0.2) is 0 Å². The highest BCUT2D eigenvalue weighted by molar-refractivity contribution is 6.23. The monoisotopic (exact) mass is 456 g/mol. The van der Waals surface area contributed by atoms with Gasteiger partial charge in [-0.3, -0.25) is 24.2 Å². The Bertz CT molecular complexity index is 1240. The first kappa shape index (κ1) is 22.8. The van der Waals surface area contributed by atoms with Gasteiger partial charge in [-0.2, -0.15) is 0 Å². The van der Waals surface area contributed by atoms with E-state index in [-0.39, 0.29) is 24.8 Å². The van der Waals surface area contributed by atoms with Crippen molar-refractivity contribution in [3.8, 4) is 0 Å². The molecular weight excluding hydrogens is 432 g/mol. The zero-order valence-electron chi connectivity index (χ0n) is 18.9. The predicted molar refractivity (Wildman–Crippen MR) is 127 cm³/mol. The number of anilines is 2. The van der Waals surface area contributed by atoms with Gasteiger partial charge >= 0.3 is 0 Å². The zero-order valence-corrected chi connectivity index (χ0v) is 18.9. The number of nitrogens with one attached hydrogen (secondary N) is 1. The van der Waals surface area contributed by atoms with E-state index in [1.165, 1.54) is 11.8 Å². The van der Waals surface area contributed by atoms with E-state index in [1.54, 1.807) is 54.9 Å². The maximum Gasteiger partial charge on any atom is 0.257 e. The van der Waals surface area contributed by atoms with E-state index in [0.717, 1.165) is 16.0 Å². The summed E-state index contributed by atoms with van der Waals surface area (Å²) >= 11 is 0. The number of amides is 4. The van der Waals surface area contributed by atoms with Gasteiger partial charge in [0.2, 0.25) is 11.8 Å². The Morgan fingerprint density at radius 3 is 2.44 bits per heavy atom. The van der Waals surface area contributed by atoms with Crippen LogP contribution < -0.4 is 10.2 Å². The second kappa shape index (κ2) is 9.66. The lowest BCUT2D eigenvalue weighted by Crippen LogP contribution is -2.45. The third-order valence-electron chi connectivity index (χ3n) is 5.66. The van der Waals surface area contributed by atoms with Crippen molar-refractivity contribution in [2.75, 3.05) is 10.2 Å². The van der Waals surface area contributed by atoms with Gasteiger partial charge in [0.25, 0.3) is 11.8 Å². The number of nitrogens with zero attached hydrogens (tertiary/aromatic N) is 3. The average Bonchev–Trinajstić information content (AvgIpc) is 3.12. The molecule has 172 valence electrons. The third kappa shape index (κ3) is 4.71. The third-order valence-corrected chi connectivity index (χ3v) is 5.66. The number of pyridine rings is 1. The van der Waals surface area contributed by atoms with Gasteiger partial charge in [0, 0.05) is 37.1 Å². The van der Waals surface area contributed by atoms with Gasteiger partial charge in [0.05, 0.1) is 12.1 Å². The number of rotatable bonds is 6. The quantitative estimate of drug-likeness (QED) is 0.574. The Kier molecular flexibility index (Phi) is 6.49. The first-order chi connectivity index (χ1) is 16.3. The summed E-state index contributed by atoms with van der Waals surface area (Å²) in [7, 11) is 0. The minimum atomic E-state index is -0.949. The summed E-state index contributed by atoms with van der Waals surface area (Å²) in [5.41, 5.74) is 2.95. The van der Waals surface area contributed by atoms with Gasteiger partial charge < -0.3 is 10.2 Å². The van der Waals surface area contributed by atoms with E-state index >= 15 is 0 Å². The number of imide groups is 1. The number of hydrogen-bond donors (Lipinski definition) is 1. The van der Waals surface area contributed by atoms with Crippen LogP contribution in [0.3, 0.4) is 0 Å². The molecule has 0 radical (unpaired) electrons. The fraction of sp³-hybridized carbons (Fsp3) is 0.192. The van der Waals surface area contributed by atoms with Crippen molar-refractivity contribution in [3.63, 3.8) is 0 Å². The van der Waals surface area contributed by atoms with Crippen LogP contribution >= 0.6 is 0 Å². The molecule has 2 heterocycles. The fourth-order valence-electron chi connectivity index (χ4n) is 4.01. The molecule has 1 aliphatic rings. The van der Waals surface area contributed by atoms with Crippen LogP contribution in [0.5, 0.6) is 0 Å². The molecule has 0 spiro atoms. The zero-order chi connectivity index (χ0) is 24.2. The highest BCUT2D eigenvalue weighted by atomic mass is 16.2. The van der Waals surface area contributed by atoms with Crippen molar-refractivity contribution in [2.24, 2.45) is 0 Å². The second-order valence-electron chi connectivity index (χ2n) is 8.12. The largest absolute Gasteiger partial charge is 0.326 e. The molecule has 1 atom stereocenters. The first-order valence-electron chi connectivity index (χ1n) is 10.8. The molecule has 2 aromatic carbocycles. The van der Waals surface area contributed by atoms with Crippen molar-refractivity contribution in [1.82, 2.24) is 9.88 Å². The van der Waals surface area contributed by atoms with Crippen LogP contribution in [0.2, 0.25) is 0 Å². The van der Waals surface area contributed by atoms with Gasteiger partial charge in [-0.05, 0) is 54.4 Å². The SMILES string of the molecule is CC(=O)Nc1ccc(N2C(=O)CC(N(Cc3cccnc3)C(=O)c3ccccc3C)C2=O)cc1. The van der Waals surface area contributed by atoms with Gasteiger partial charge in [-0.25, -0.2) is 4.90 Å². The Labute approximate surface area is 197 Å². The Morgan fingerprint density at radius 2 is 1.79 bits per heavy atom. The van der Waals surface area contributed by atoms with Crippen molar-refractivity contribution in [3.05, 3.63) is 89.7 Å². The molecule has 4 rings (SSSR count). The average molecular weight is 457 g/mol. The summed E-state index contributed by atoms with van der Waals surface area (Å²) in [6.07, 6.45) is 3.15. The lowest BCUT2D eigenvalue weighted by atomic mass is 10.1. The van der Waals surface area contributed by atoms with Crippen LogP contribution in [0.15, 0.2) is 73.1 Å². The number of carbonyl (C=O) groups is 4. The minimum absolute atomic E-state index is 0.121. The molecule has 0 bridgehead atoms. The number of hydrogen-bond acceptors (Lipinski definition) is 5. The van der Waals surface area contributed by atoms with E-state index in [2.05, 4.69) is 10.3 Å². The van der Waals surface area contributed by atoms with E-state index < -0.39 is 17.9 Å². The summed E-state index contributed by atoms with van der Waals surface area (Å²) in [6.45, 7) is 3.37. The van der Waals surface area contributed by atoms with Crippen molar-refractivity contribution < 1.29 is 19.2 Å². The smallest absolute Gasteiger partial charge is 0.257 e. The molecule has 8 heteroatoms. The molecule has 0 aliphatic carbocycles. The second-order valence-corrected chi connectivity index (χ2v) is 8.12.